The molecule has 1 aliphatic rings. The van der Waals surface area contributed by atoms with E-state index in [1.165, 1.54) is 23.4 Å². The van der Waals surface area contributed by atoms with E-state index in [1.54, 1.807) is 0 Å². The highest BCUT2D eigenvalue weighted by molar-refractivity contribution is 14.0. The number of nitrogens with one attached hydrogen (secondary N) is 1. The monoisotopic (exact) mass is 460 g/mol. The van der Waals surface area contributed by atoms with Crippen molar-refractivity contribution < 1.29 is 8.42 Å². The molecule has 1 aliphatic heterocycles. The average Bonchev–Trinajstić information content (AvgIpc) is 2.84. The minimum atomic E-state index is -3.07. The van der Waals surface area contributed by atoms with Crippen molar-refractivity contribution in [2.75, 3.05) is 25.9 Å². The quantitative estimate of drug-likeness (QED) is 0.330. The molecule has 2 atom stereocenters. The van der Waals surface area contributed by atoms with Gasteiger partial charge < -0.3 is 11.1 Å². The second kappa shape index (κ2) is 10.7. The van der Waals surface area contributed by atoms with Crippen LogP contribution in [0.4, 0.5) is 0 Å². The molecule has 1 heterocycles. The molecule has 0 aliphatic carbocycles. The summed E-state index contributed by atoms with van der Waals surface area (Å²) in [4.78, 5) is 4.37. The molecule has 1 saturated heterocycles. The molecular formula is C15H33IN4O2S. The molecule has 0 aromatic rings. The average molecular weight is 460 g/mol. The van der Waals surface area contributed by atoms with Crippen molar-refractivity contribution in [1.29, 1.82) is 0 Å². The van der Waals surface area contributed by atoms with Crippen molar-refractivity contribution >= 4 is 40.0 Å². The van der Waals surface area contributed by atoms with Gasteiger partial charge in [-0.05, 0) is 31.6 Å². The molecule has 2 unspecified atom stereocenters. The lowest BCUT2D eigenvalue weighted by Gasteiger charge is -2.16. The van der Waals surface area contributed by atoms with Crippen LogP contribution in [0.25, 0.3) is 0 Å². The molecule has 0 bridgehead atoms. The van der Waals surface area contributed by atoms with Crippen molar-refractivity contribution in [1.82, 2.24) is 9.62 Å². The standard InChI is InChI=1S/C15H32N4O2S.HI/c1-12(2)6-5-7-13(3)18-15(16)17-10-14-8-9-19(11-14)22(4,20)21;/h12-14H,5-11H2,1-4H3,(H3,16,17,18);1H. The number of nitrogens with two attached hydrogens (primary N) is 1. The number of hydrogen-bond acceptors (Lipinski definition) is 3. The molecule has 3 N–H and O–H groups in total. The van der Waals surface area contributed by atoms with E-state index in [4.69, 9.17) is 5.73 Å². The Hall–Kier alpha value is -0.0900. The van der Waals surface area contributed by atoms with Gasteiger partial charge in [0.15, 0.2) is 5.96 Å². The Balaban J connectivity index is 0.00000484. The first-order valence-electron chi connectivity index (χ1n) is 8.20. The van der Waals surface area contributed by atoms with Crippen LogP contribution in [0.15, 0.2) is 4.99 Å². The second-order valence-corrected chi connectivity index (χ2v) is 8.85. The zero-order valence-corrected chi connectivity index (χ0v) is 17.9. The van der Waals surface area contributed by atoms with E-state index >= 15 is 0 Å². The van der Waals surface area contributed by atoms with E-state index in [0.29, 0.717) is 31.6 Å². The van der Waals surface area contributed by atoms with Crippen LogP contribution in [-0.4, -0.2) is 50.6 Å². The highest BCUT2D eigenvalue weighted by Gasteiger charge is 2.28. The van der Waals surface area contributed by atoms with Crippen LogP contribution in [0.3, 0.4) is 0 Å². The fraction of sp³-hybridized carbons (Fsp3) is 0.933. The Morgan fingerprint density at radius 3 is 2.52 bits per heavy atom. The van der Waals surface area contributed by atoms with Crippen LogP contribution >= 0.6 is 24.0 Å². The Morgan fingerprint density at radius 1 is 1.35 bits per heavy atom. The first kappa shape index (κ1) is 22.9. The molecular weight excluding hydrogens is 427 g/mol. The summed E-state index contributed by atoms with van der Waals surface area (Å²) < 4.78 is 24.4. The molecule has 8 heteroatoms. The van der Waals surface area contributed by atoms with E-state index in [9.17, 15) is 8.42 Å². The predicted octanol–water partition coefficient (Wildman–Crippen LogP) is 2.01. The summed E-state index contributed by atoms with van der Waals surface area (Å²) >= 11 is 0. The Kier molecular flexibility index (Phi) is 10.7. The summed E-state index contributed by atoms with van der Waals surface area (Å²) in [5.74, 6) is 1.47. The van der Waals surface area contributed by atoms with Gasteiger partial charge in [0.05, 0.1) is 6.26 Å². The van der Waals surface area contributed by atoms with Crippen molar-refractivity contribution in [3.8, 4) is 0 Å². The topological polar surface area (TPSA) is 87.8 Å². The number of aliphatic imine (C=N–C) groups is 1. The second-order valence-electron chi connectivity index (χ2n) is 6.87. The SMILES string of the molecule is CC(C)CCCC(C)NC(N)=NCC1CCN(S(C)(=O)=O)C1.I. The normalized spacial score (nSPS) is 21.3. The zero-order valence-electron chi connectivity index (χ0n) is 14.8. The number of sulfonamides is 1. The number of guanidine groups is 1. The summed E-state index contributed by atoms with van der Waals surface area (Å²) in [6.45, 7) is 8.31. The van der Waals surface area contributed by atoms with Crippen molar-refractivity contribution in [2.45, 2.75) is 52.5 Å². The highest BCUT2D eigenvalue weighted by Crippen LogP contribution is 2.18. The van der Waals surface area contributed by atoms with Gasteiger partial charge in [0.25, 0.3) is 0 Å². The van der Waals surface area contributed by atoms with Gasteiger partial charge in [0, 0.05) is 25.7 Å². The lowest BCUT2D eigenvalue weighted by molar-refractivity contribution is 0.463. The maximum atomic E-state index is 11.5. The van der Waals surface area contributed by atoms with Gasteiger partial charge in [0.1, 0.15) is 0 Å². The summed E-state index contributed by atoms with van der Waals surface area (Å²) in [6.07, 6.45) is 5.61. The van der Waals surface area contributed by atoms with Crippen LogP contribution in [0.2, 0.25) is 0 Å². The molecule has 1 rings (SSSR count). The lowest BCUT2D eigenvalue weighted by Crippen LogP contribution is -2.38. The number of hydrogen-bond donors (Lipinski definition) is 2. The fourth-order valence-corrected chi connectivity index (χ4v) is 3.60. The van der Waals surface area contributed by atoms with Crippen LogP contribution in [-0.2, 0) is 10.0 Å². The van der Waals surface area contributed by atoms with Gasteiger partial charge in [-0.15, -0.1) is 24.0 Å². The predicted molar refractivity (Wildman–Crippen MR) is 108 cm³/mol. The molecule has 1 fully saturated rings. The van der Waals surface area contributed by atoms with Gasteiger partial charge in [-0.25, -0.2) is 12.7 Å². The fourth-order valence-electron chi connectivity index (χ4n) is 2.68. The maximum Gasteiger partial charge on any atom is 0.211 e. The van der Waals surface area contributed by atoms with Gasteiger partial charge >= 0.3 is 0 Å². The van der Waals surface area contributed by atoms with E-state index in [1.807, 2.05) is 0 Å². The van der Waals surface area contributed by atoms with Crippen LogP contribution in [0.5, 0.6) is 0 Å². The molecule has 0 amide bonds. The van der Waals surface area contributed by atoms with Crippen LogP contribution in [0, 0.1) is 11.8 Å². The Morgan fingerprint density at radius 2 is 2.00 bits per heavy atom. The van der Waals surface area contributed by atoms with E-state index in [0.717, 1.165) is 18.8 Å². The maximum absolute atomic E-state index is 11.5. The van der Waals surface area contributed by atoms with E-state index in [-0.39, 0.29) is 29.9 Å². The molecule has 0 radical (unpaired) electrons. The molecule has 23 heavy (non-hydrogen) atoms. The summed E-state index contributed by atoms with van der Waals surface area (Å²) in [7, 11) is -3.07. The van der Waals surface area contributed by atoms with Crippen LogP contribution in [0.1, 0.15) is 46.5 Å². The minimum absolute atomic E-state index is 0. The molecule has 0 saturated carbocycles. The van der Waals surface area contributed by atoms with E-state index in [2.05, 4.69) is 31.1 Å². The summed E-state index contributed by atoms with van der Waals surface area (Å²) in [6, 6.07) is 0.318. The van der Waals surface area contributed by atoms with Crippen LogP contribution < -0.4 is 11.1 Å². The summed E-state index contributed by atoms with van der Waals surface area (Å²) in [5, 5.41) is 3.21. The molecule has 0 aromatic carbocycles. The Labute approximate surface area is 158 Å². The van der Waals surface area contributed by atoms with Gasteiger partial charge in [-0.2, -0.15) is 0 Å². The molecule has 6 nitrogen and oxygen atoms in total. The molecule has 138 valence electrons. The van der Waals surface area contributed by atoms with Crippen molar-refractivity contribution in [2.24, 2.45) is 22.6 Å². The van der Waals surface area contributed by atoms with Gasteiger partial charge in [-0.1, -0.05) is 26.7 Å². The third kappa shape index (κ3) is 9.71. The molecule has 0 aromatic heterocycles. The van der Waals surface area contributed by atoms with Crippen molar-refractivity contribution in [3.63, 3.8) is 0 Å². The summed E-state index contributed by atoms with van der Waals surface area (Å²) in [5.41, 5.74) is 5.91. The minimum Gasteiger partial charge on any atom is -0.370 e. The van der Waals surface area contributed by atoms with Gasteiger partial charge in [0.2, 0.25) is 10.0 Å². The van der Waals surface area contributed by atoms with Crippen molar-refractivity contribution in [3.05, 3.63) is 0 Å². The lowest BCUT2D eigenvalue weighted by atomic mass is 10.0. The largest absolute Gasteiger partial charge is 0.370 e. The number of rotatable bonds is 8. The number of halogens is 1. The zero-order chi connectivity index (χ0) is 16.8. The highest BCUT2D eigenvalue weighted by atomic mass is 127. The first-order chi connectivity index (χ1) is 10.2. The molecule has 0 spiro atoms. The Bertz CT molecular complexity index is 468. The smallest absolute Gasteiger partial charge is 0.211 e. The third-order valence-electron chi connectivity index (χ3n) is 4.05. The first-order valence-corrected chi connectivity index (χ1v) is 10.0. The van der Waals surface area contributed by atoms with Gasteiger partial charge in [-0.3, -0.25) is 4.99 Å². The van der Waals surface area contributed by atoms with E-state index < -0.39 is 10.0 Å². The number of nitrogens with zero attached hydrogens (tertiary/aromatic N) is 2. The third-order valence-corrected chi connectivity index (χ3v) is 5.32.